The summed E-state index contributed by atoms with van der Waals surface area (Å²) in [6.07, 6.45) is 0. The first-order valence-corrected chi connectivity index (χ1v) is 6.31. The van der Waals surface area contributed by atoms with Crippen molar-refractivity contribution in [1.29, 1.82) is 0 Å². The Labute approximate surface area is 116 Å². The second kappa shape index (κ2) is 4.28. The molecule has 0 spiro atoms. The van der Waals surface area contributed by atoms with Crippen LogP contribution < -0.4 is 0 Å². The summed E-state index contributed by atoms with van der Waals surface area (Å²) < 4.78 is 14.4. The maximum atomic E-state index is 13.2. The van der Waals surface area contributed by atoms with Crippen LogP contribution in [-0.4, -0.2) is 16.2 Å². The lowest BCUT2D eigenvalue weighted by Gasteiger charge is -2.02. The van der Waals surface area contributed by atoms with Gasteiger partial charge in [0.05, 0.1) is 5.56 Å². The van der Waals surface area contributed by atoms with E-state index >= 15 is 0 Å². The molecule has 0 amide bonds. The molecule has 0 aliphatic carbocycles. The molecule has 2 aromatic carbocycles. The van der Waals surface area contributed by atoms with Gasteiger partial charge in [0.2, 0.25) is 5.69 Å². The van der Waals surface area contributed by atoms with Gasteiger partial charge in [-0.2, -0.15) is 4.74 Å². The van der Waals surface area contributed by atoms with Gasteiger partial charge in [-0.3, -0.25) is 4.79 Å². The quantitative estimate of drug-likeness (QED) is 0.597. The molecule has 0 aromatic heterocycles. The molecule has 0 fully saturated rings. The third-order valence-electron chi connectivity index (χ3n) is 2.94. The Kier molecular flexibility index (Phi) is 2.71. The molecule has 2 aromatic rings. The van der Waals surface area contributed by atoms with Crippen molar-refractivity contribution in [2.75, 3.05) is 0 Å². The van der Waals surface area contributed by atoms with E-state index in [4.69, 9.17) is 0 Å². The first-order valence-electron chi connectivity index (χ1n) is 5.52. The highest BCUT2D eigenvalue weighted by molar-refractivity contribution is 9.10. The third kappa shape index (κ3) is 1.86. The van der Waals surface area contributed by atoms with Crippen LogP contribution in [0, 0.1) is 11.0 Å². The van der Waals surface area contributed by atoms with Crippen LogP contribution in [0.4, 0.5) is 10.1 Å². The van der Waals surface area contributed by atoms with Crippen LogP contribution in [0.1, 0.15) is 15.9 Å². The summed E-state index contributed by atoms with van der Waals surface area (Å²) in [6, 6.07) is 10.5. The highest BCUT2D eigenvalue weighted by Crippen LogP contribution is 2.29. The fourth-order valence-corrected chi connectivity index (χ4v) is 2.49. The Morgan fingerprint density at radius 3 is 2.68 bits per heavy atom. The number of benzene rings is 2. The molecule has 19 heavy (non-hydrogen) atoms. The first-order chi connectivity index (χ1) is 9.08. The topological polar surface area (TPSA) is 43.1 Å². The molecule has 1 heterocycles. The number of ketones is 1. The number of rotatable bonds is 1. The van der Waals surface area contributed by atoms with Gasteiger partial charge in [-0.25, -0.2) is 4.39 Å². The van der Waals surface area contributed by atoms with Gasteiger partial charge in [0.15, 0.2) is 0 Å². The number of hydrogen-bond donors (Lipinski definition) is 0. The Morgan fingerprint density at radius 1 is 1.16 bits per heavy atom. The molecule has 0 saturated heterocycles. The fraction of sp³-hybridized carbons (Fsp3) is 0. The zero-order chi connectivity index (χ0) is 13.6. The molecular formula is C14H7BrFNO2. The van der Waals surface area contributed by atoms with Crippen LogP contribution in [0.15, 0.2) is 46.9 Å². The minimum absolute atomic E-state index is 0.0156. The maximum Gasteiger partial charge on any atom is 0.272 e. The van der Waals surface area contributed by atoms with Crippen molar-refractivity contribution in [3.8, 4) is 0 Å². The van der Waals surface area contributed by atoms with Crippen molar-refractivity contribution in [2.45, 2.75) is 0 Å². The zero-order valence-electron chi connectivity index (χ0n) is 9.56. The van der Waals surface area contributed by atoms with E-state index in [1.54, 1.807) is 24.3 Å². The second-order valence-corrected chi connectivity index (χ2v) is 5.06. The van der Waals surface area contributed by atoms with Crippen LogP contribution in [0.2, 0.25) is 0 Å². The molecule has 0 bridgehead atoms. The van der Waals surface area contributed by atoms with Crippen LogP contribution in [0.3, 0.4) is 0 Å². The molecular weight excluding hydrogens is 313 g/mol. The van der Waals surface area contributed by atoms with Crippen molar-refractivity contribution in [1.82, 2.24) is 0 Å². The number of fused-ring (bicyclic) bond motifs is 1. The van der Waals surface area contributed by atoms with Gasteiger partial charge in [0.1, 0.15) is 11.4 Å². The Morgan fingerprint density at radius 2 is 1.95 bits per heavy atom. The smallest absolute Gasteiger partial charge is 0.272 e. The minimum atomic E-state index is -0.539. The Hall–Kier alpha value is -2.01. The van der Waals surface area contributed by atoms with E-state index in [2.05, 4.69) is 15.9 Å². The van der Waals surface area contributed by atoms with Crippen LogP contribution in [-0.2, 0) is 0 Å². The van der Waals surface area contributed by atoms with Crippen molar-refractivity contribution in [3.63, 3.8) is 0 Å². The number of halogens is 2. The van der Waals surface area contributed by atoms with Crippen molar-refractivity contribution in [2.24, 2.45) is 0 Å². The average Bonchev–Trinajstić information content (AvgIpc) is 2.61. The highest BCUT2D eigenvalue weighted by Gasteiger charge is 2.36. The summed E-state index contributed by atoms with van der Waals surface area (Å²) in [5, 5.41) is 12.1. The predicted molar refractivity (Wildman–Crippen MR) is 72.3 cm³/mol. The normalized spacial score (nSPS) is 13.9. The van der Waals surface area contributed by atoms with Crippen molar-refractivity contribution in [3.05, 3.63) is 69.1 Å². The van der Waals surface area contributed by atoms with Crippen LogP contribution in [0.5, 0.6) is 0 Å². The number of carbonyl (C=O) groups excluding carboxylic acids is 1. The van der Waals surface area contributed by atoms with E-state index in [0.717, 1.165) is 10.5 Å². The zero-order valence-corrected chi connectivity index (χ0v) is 11.1. The van der Waals surface area contributed by atoms with E-state index in [-0.39, 0.29) is 22.7 Å². The van der Waals surface area contributed by atoms with Gasteiger partial charge >= 0.3 is 0 Å². The van der Waals surface area contributed by atoms with Gasteiger partial charge in [0, 0.05) is 10.5 Å². The van der Waals surface area contributed by atoms with Gasteiger partial charge in [-0.15, -0.1) is 0 Å². The number of carbonyl (C=O) groups is 1. The first kappa shape index (κ1) is 12.0. The van der Waals surface area contributed by atoms with E-state index in [9.17, 15) is 14.4 Å². The lowest BCUT2D eigenvalue weighted by atomic mass is 10.0. The molecule has 0 N–H and O–H groups in total. The summed E-state index contributed by atoms with van der Waals surface area (Å²) in [7, 11) is 0. The van der Waals surface area contributed by atoms with E-state index in [1.165, 1.54) is 12.1 Å². The Balaban J connectivity index is 2.22. The third-order valence-corrected chi connectivity index (χ3v) is 3.43. The van der Waals surface area contributed by atoms with E-state index in [0.29, 0.717) is 10.3 Å². The monoisotopic (exact) mass is 319 g/mol. The molecule has 0 atom stereocenters. The molecule has 3 rings (SSSR count). The van der Waals surface area contributed by atoms with Gasteiger partial charge < -0.3 is 5.21 Å². The molecule has 5 heteroatoms. The predicted octanol–water partition coefficient (Wildman–Crippen LogP) is 3.42. The van der Waals surface area contributed by atoms with E-state index < -0.39 is 5.82 Å². The summed E-state index contributed by atoms with van der Waals surface area (Å²) in [4.78, 5) is 12.2. The maximum absolute atomic E-state index is 13.2. The molecule has 0 saturated carbocycles. The summed E-state index contributed by atoms with van der Waals surface area (Å²) in [6.45, 7) is 0. The molecule has 94 valence electrons. The SMILES string of the molecule is O=C1C(c2cccc(Br)c2)=[N+]([O-])c2cc(F)ccc21. The highest BCUT2D eigenvalue weighted by atomic mass is 79.9. The molecule has 3 nitrogen and oxygen atoms in total. The molecule has 1 aliphatic rings. The minimum Gasteiger partial charge on any atom is -0.618 e. The van der Waals surface area contributed by atoms with Crippen LogP contribution >= 0.6 is 15.9 Å². The van der Waals surface area contributed by atoms with Gasteiger partial charge in [0.25, 0.3) is 11.5 Å². The average molecular weight is 320 g/mol. The molecule has 1 aliphatic heterocycles. The van der Waals surface area contributed by atoms with Crippen molar-refractivity contribution < 1.29 is 13.9 Å². The standard InChI is InChI=1S/C14H7BrFNO2/c15-9-3-1-2-8(6-9)13-14(18)11-5-4-10(16)7-12(11)17(13)19/h1-7H. The number of nitrogens with zero attached hydrogens (tertiary/aromatic N) is 1. The number of hydrogen-bond acceptors (Lipinski definition) is 2. The van der Waals surface area contributed by atoms with E-state index in [1.807, 2.05) is 0 Å². The largest absolute Gasteiger partial charge is 0.618 e. The molecule has 0 unspecified atom stereocenters. The summed E-state index contributed by atoms with van der Waals surface area (Å²) in [5.74, 6) is -0.925. The fourth-order valence-electron chi connectivity index (χ4n) is 2.09. The lowest BCUT2D eigenvalue weighted by Crippen LogP contribution is -2.16. The van der Waals surface area contributed by atoms with Crippen LogP contribution in [0.25, 0.3) is 0 Å². The Bertz CT molecular complexity index is 740. The van der Waals surface area contributed by atoms with Gasteiger partial charge in [-0.1, -0.05) is 22.0 Å². The second-order valence-electron chi connectivity index (χ2n) is 4.14. The lowest BCUT2D eigenvalue weighted by molar-refractivity contribution is -0.355. The summed E-state index contributed by atoms with van der Waals surface area (Å²) in [5.41, 5.74) is 0.805. The van der Waals surface area contributed by atoms with Crippen molar-refractivity contribution >= 4 is 33.1 Å². The van der Waals surface area contributed by atoms with Gasteiger partial charge in [-0.05, 0) is 30.3 Å². The number of Topliss-reactive ketones (excluding diaryl/α,β-unsaturated/α-hetero) is 1. The molecule has 0 radical (unpaired) electrons. The summed E-state index contributed by atoms with van der Waals surface area (Å²) >= 11 is 3.29.